The first kappa shape index (κ1) is 15.7. The molecule has 1 saturated heterocycles. The molecule has 3 aromatic rings. The average molecular weight is 339 g/mol. The largest absolute Gasteiger partial charge is 0.497 e. The number of methoxy groups -OCH3 is 2. The third-order valence-corrected chi connectivity index (χ3v) is 4.83. The molecule has 1 atom stereocenters. The normalized spacial score (nSPS) is 17.2. The fraction of sp³-hybridized carbons (Fsp3) is 0.389. The first-order valence-electron chi connectivity index (χ1n) is 8.34. The molecule has 0 amide bonds. The van der Waals surface area contributed by atoms with E-state index in [9.17, 15) is 0 Å². The summed E-state index contributed by atoms with van der Waals surface area (Å²) in [6, 6.07) is 6.13. The molecule has 0 saturated carbocycles. The molecule has 3 heterocycles. The van der Waals surface area contributed by atoms with Gasteiger partial charge in [0.25, 0.3) is 0 Å². The minimum Gasteiger partial charge on any atom is -0.497 e. The second-order valence-electron chi connectivity index (χ2n) is 6.16. The number of anilines is 1. The van der Waals surface area contributed by atoms with E-state index in [1.165, 1.54) is 0 Å². The molecule has 0 unspecified atom stereocenters. The second kappa shape index (κ2) is 6.23. The minimum atomic E-state index is 0.184. The Kier molecular flexibility index (Phi) is 3.91. The Morgan fingerprint density at radius 2 is 2.04 bits per heavy atom. The Morgan fingerprint density at radius 1 is 1.16 bits per heavy atom. The summed E-state index contributed by atoms with van der Waals surface area (Å²) in [5, 5.41) is 5.30. The van der Waals surface area contributed by atoms with Crippen LogP contribution in [-0.4, -0.2) is 40.5 Å². The van der Waals surface area contributed by atoms with Crippen molar-refractivity contribution >= 4 is 16.9 Å². The highest BCUT2D eigenvalue weighted by Gasteiger charge is 2.31. The lowest BCUT2D eigenvalue weighted by Gasteiger charge is -2.27. The van der Waals surface area contributed by atoms with E-state index in [0.29, 0.717) is 0 Å². The minimum absolute atomic E-state index is 0.184. The van der Waals surface area contributed by atoms with E-state index in [1.807, 2.05) is 25.4 Å². The van der Waals surface area contributed by atoms with Gasteiger partial charge in [-0.25, -0.2) is 9.97 Å². The van der Waals surface area contributed by atoms with Gasteiger partial charge in [0.15, 0.2) is 5.65 Å². The van der Waals surface area contributed by atoms with E-state index in [-0.39, 0.29) is 6.04 Å². The van der Waals surface area contributed by atoms with Gasteiger partial charge in [-0.3, -0.25) is 4.68 Å². The van der Waals surface area contributed by atoms with Crippen LogP contribution in [0.1, 0.15) is 24.4 Å². The smallest absolute Gasteiger partial charge is 0.163 e. The molecular weight excluding hydrogens is 318 g/mol. The molecule has 130 valence electrons. The highest BCUT2D eigenvalue weighted by atomic mass is 16.5. The van der Waals surface area contributed by atoms with Crippen molar-refractivity contribution < 1.29 is 9.47 Å². The van der Waals surface area contributed by atoms with Gasteiger partial charge in [-0.1, -0.05) is 0 Å². The summed E-state index contributed by atoms with van der Waals surface area (Å²) in [7, 11) is 5.28. The summed E-state index contributed by atoms with van der Waals surface area (Å²) in [6.45, 7) is 0.937. The van der Waals surface area contributed by atoms with Crippen LogP contribution in [0.4, 0.5) is 5.82 Å². The van der Waals surface area contributed by atoms with Crippen LogP contribution >= 0.6 is 0 Å². The first-order valence-corrected chi connectivity index (χ1v) is 8.34. The quantitative estimate of drug-likeness (QED) is 0.728. The average Bonchev–Trinajstić information content (AvgIpc) is 3.28. The molecule has 7 nitrogen and oxygen atoms in total. The van der Waals surface area contributed by atoms with Crippen molar-refractivity contribution in [1.82, 2.24) is 19.7 Å². The number of aromatic nitrogens is 4. The molecule has 4 rings (SSSR count). The summed E-state index contributed by atoms with van der Waals surface area (Å²) in [4.78, 5) is 11.2. The molecule has 1 aromatic carbocycles. The molecule has 0 spiro atoms. The number of aryl methyl sites for hydroxylation is 1. The number of rotatable bonds is 4. The summed E-state index contributed by atoms with van der Waals surface area (Å²) in [5.74, 6) is 2.62. The van der Waals surface area contributed by atoms with Gasteiger partial charge in [0.1, 0.15) is 23.6 Å². The highest BCUT2D eigenvalue weighted by molar-refractivity contribution is 5.87. The topological polar surface area (TPSA) is 65.3 Å². The van der Waals surface area contributed by atoms with E-state index >= 15 is 0 Å². The number of fused-ring (bicyclic) bond motifs is 1. The SMILES string of the molecule is COc1ccc(OC)c([C@@H]2CCCN2c2ncnc3c2cnn3C)c1. The van der Waals surface area contributed by atoms with Crippen LogP contribution in [0.3, 0.4) is 0 Å². The fourth-order valence-electron chi connectivity index (χ4n) is 3.62. The van der Waals surface area contributed by atoms with E-state index in [4.69, 9.17) is 9.47 Å². The standard InChI is InChI=1S/C18H21N5O2/c1-22-17-14(10-21-22)18(20-11-19-17)23-8-4-5-15(23)13-9-12(24-2)6-7-16(13)25-3/h6-7,9-11,15H,4-5,8H2,1-3H3/t15-/m0/s1. The van der Waals surface area contributed by atoms with Crippen LogP contribution < -0.4 is 14.4 Å². The number of hydrogen-bond acceptors (Lipinski definition) is 6. The van der Waals surface area contributed by atoms with Gasteiger partial charge < -0.3 is 14.4 Å². The Balaban J connectivity index is 1.81. The molecule has 7 heteroatoms. The van der Waals surface area contributed by atoms with Crippen molar-refractivity contribution in [2.24, 2.45) is 7.05 Å². The fourth-order valence-corrected chi connectivity index (χ4v) is 3.62. The van der Waals surface area contributed by atoms with Crippen LogP contribution in [0, 0.1) is 0 Å². The lowest BCUT2D eigenvalue weighted by atomic mass is 10.0. The van der Waals surface area contributed by atoms with E-state index in [2.05, 4.69) is 26.0 Å². The highest BCUT2D eigenvalue weighted by Crippen LogP contribution is 2.42. The van der Waals surface area contributed by atoms with Gasteiger partial charge in [0, 0.05) is 19.2 Å². The van der Waals surface area contributed by atoms with Gasteiger partial charge in [-0.2, -0.15) is 5.10 Å². The summed E-state index contributed by atoms with van der Waals surface area (Å²) >= 11 is 0. The van der Waals surface area contributed by atoms with Crippen LogP contribution in [0.15, 0.2) is 30.7 Å². The molecule has 0 bridgehead atoms. The molecule has 2 aromatic heterocycles. The van der Waals surface area contributed by atoms with E-state index in [0.717, 1.165) is 53.3 Å². The van der Waals surface area contributed by atoms with Crippen LogP contribution in [0.25, 0.3) is 11.0 Å². The summed E-state index contributed by atoms with van der Waals surface area (Å²) in [6.07, 6.45) is 5.58. The number of benzene rings is 1. The third kappa shape index (κ3) is 2.56. The Bertz CT molecular complexity index is 908. The maximum atomic E-state index is 5.60. The van der Waals surface area contributed by atoms with Gasteiger partial charge in [-0.15, -0.1) is 0 Å². The molecule has 0 radical (unpaired) electrons. The zero-order valence-electron chi connectivity index (χ0n) is 14.6. The number of ether oxygens (including phenoxy) is 2. The van der Waals surface area contributed by atoms with Crippen molar-refractivity contribution in [3.63, 3.8) is 0 Å². The second-order valence-corrected chi connectivity index (χ2v) is 6.16. The van der Waals surface area contributed by atoms with Crippen molar-refractivity contribution in [2.75, 3.05) is 25.7 Å². The number of hydrogen-bond donors (Lipinski definition) is 0. The molecule has 1 aliphatic heterocycles. The van der Waals surface area contributed by atoms with E-state index in [1.54, 1.807) is 25.2 Å². The molecule has 25 heavy (non-hydrogen) atoms. The van der Waals surface area contributed by atoms with Gasteiger partial charge in [0.2, 0.25) is 0 Å². The lowest BCUT2D eigenvalue weighted by molar-refractivity contribution is 0.395. The molecule has 0 aliphatic carbocycles. The van der Waals surface area contributed by atoms with Gasteiger partial charge >= 0.3 is 0 Å². The Hall–Kier alpha value is -2.83. The molecule has 1 fully saturated rings. The predicted octanol–water partition coefficient (Wildman–Crippen LogP) is 2.72. The lowest BCUT2D eigenvalue weighted by Crippen LogP contribution is -2.24. The summed E-state index contributed by atoms with van der Waals surface area (Å²) in [5.41, 5.74) is 1.96. The summed E-state index contributed by atoms with van der Waals surface area (Å²) < 4.78 is 12.8. The van der Waals surface area contributed by atoms with Crippen molar-refractivity contribution in [1.29, 1.82) is 0 Å². The maximum absolute atomic E-state index is 5.60. The molecule has 1 aliphatic rings. The first-order chi connectivity index (χ1) is 12.2. The Labute approximate surface area is 146 Å². The zero-order chi connectivity index (χ0) is 17.4. The van der Waals surface area contributed by atoms with Gasteiger partial charge in [0.05, 0.1) is 31.8 Å². The zero-order valence-corrected chi connectivity index (χ0v) is 14.6. The van der Waals surface area contributed by atoms with Crippen LogP contribution in [0.5, 0.6) is 11.5 Å². The maximum Gasteiger partial charge on any atom is 0.163 e. The molecular formula is C18H21N5O2. The van der Waals surface area contributed by atoms with Crippen molar-refractivity contribution in [2.45, 2.75) is 18.9 Å². The molecule has 0 N–H and O–H groups in total. The predicted molar refractivity (Wildman–Crippen MR) is 95.2 cm³/mol. The van der Waals surface area contributed by atoms with Crippen molar-refractivity contribution in [3.8, 4) is 11.5 Å². The van der Waals surface area contributed by atoms with Crippen LogP contribution in [-0.2, 0) is 7.05 Å². The monoisotopic (exact) mass is 339 g/mol. The van der Waals surface area contributed by atoms with Crippen LogP contribution in [0.2, 0.25) is 0 Å². The third-order valence-electron chi connectivity index (χ3n) is 4.83. The van der Waals surface area contributed by atoms with Gasteiger partial charge in [-0.05, 0) is 31.0 Å². The Morgan fingerprint density at radius 3 is 2.84 bits per heavy atom. The van der Waals surface area contributed by atoms with E-state index < -0.39 is 0 Å². The van der Waals surface area contributed by atoms with Crippen molar-refractivity contribution in [3.05, 3.63) is 36.3 Å². The number of nitrogens with zero attached hydrogens (tertiary/aromatic N) is 5.